The van der Waals surface area contributed by atoms with Crippen molar-refractivity contribution in [1.29, 1.82) is 0 Å². The Morgan fingerprint density at radius 3 is 2.65 bits per heavy atom. The quantitative estimate of drug-likeness (QED) is 0.479. The van der Waals surface area contributed by atoms with Gasteiger partial charge in [0.2, 0.25) is 0 Å². The van der Waals surface area contributed by atoms with Crippen LogP contribution in [0, 0.1) is 12.8 Å². The Morgan fingerprint density at radius 2 is 2.05 bits per heavy atom. The summed E-state index contributed by atoms with van der Waals surface area (Å²) in [5.41, 5.74) is 2.61. The van der Waals surface area contributed by atoms with Gasteiger partial charge in [0.25, 0.3) is 0 Å². The fraction of sp³-hybridized carbons (Fsp3) is 0.562. The molecule has 0 bridgehead atoms. The Morgan fingerprint density at radius 1 is 1.35 bits per heavy atom. The molecular weight excluding hydrogens is 361 g/mol. The van der Waals surface area contributed by atoms with E-state index in [1.807, 2.05) is 7.05 Å². The molecule has 1 N–H and O–H groups in total. The first-order valence-corrected chi connectivity index (χ1v) is 7.20. The average molecular weight is 387 g/mol. The first kappa shape index (κ1) is 17.3. The van der Waals surface area contributed by atoms with Crippen molar-refractivity contribution in [3.63, 3.8) is 0 Å². The summed E-state index contributed by atoms with van der Waals surface area (Å²) in [5, 5.41) is 3.47. The maximum atomic E-state index is 4.41. The molecule has 20 heavy (non-hydrogen) atoms. The molecule has 4 heteroatoms. The van der Waals surface area contributed by atoms with Crippen LogP contribution in [0.4, 0.5) is 0 Å². The van der Waals surface area contributed by atoms with Gasteiger partial charge in [0.15, 0.2) is 5.96 Å². The van der Waals surface area contributed by atoms with E-state index in [1.165, 1.54) is 24.0 Å². The molecule has 1 aromatic carbocycles. The molecule has 0 aliphatic carbocycles. The lowest BCUT2D eigenvalue weighted by Gasteiger charge is -2.33. The number of nitrogens with zero attached hydrogens (tertiary/aromatic N) is 2. The highest BCUT2D eigenvalue weighted by atomic mass is 127. The molecule has 1 heterocycles. The maximum Gasteiger partial charge on any atom is 0.193 e. The van der Waals surface area contributed by atoms with Gasteiger partial charge in [0.05, 0.1) is 0 Å². The molecule has 0 radical (unpaired) electrons. The van der Waals surface area contributed by atoms with Gasteiger partial charge in [-0.25, -0.2) is 0 Å². The largest absolute Gasteiger partial charge is 0.352 e. The van der Waals surface area contributed by atoms with Gasteiger partial charge >= 0.3 is 0 Å². The van der Waals surface area contributed by atoms with Crippen LogP contribution in [0.3, 0.4) is 0 Å². The molecule has 112 valence electrons. The van der Waals surface area contributed by atoms with Crippen molar-refractivity contribution >= 4 is 29.9 Å². The van der Waals surface area contributed by atoms with E-state index < -0.39 is 0 Å². The fourth-order valence-electron chi connectivity index (χ4n) is 2.60. The van der Waals surface area contributed by atoms with Crippen LogP contribution in [0.15, 0.2) is 29.3 Å². The highest BCUT2D eigenvalue weighted by Crippen LogP contribution is 2.15. The van der Waals surface area contributed by atoms with Crippen molar-refractivity contribution in [1.82, 2.24) is 10.2 Å². The number of likely N-dealkylation sites (tertiary alicyclic amines) is 1. The fourth-order valence-corrected chi connectivity index (χ4v) is 2.60. The van der Waals surface area contributed by atoms with E-state index >= 15 is 0 Å². The molecule has 0 saturated carbocycles. The zero-order chi connectivity index (χ0) is 13.7. The molecule has 1 saturated heterocycles. The Balaban J connectivity index is 0.00000200. The molecule has 1 aliphatic heterocycles. The zero-order valence-electron chi connectivity index (χ0n) is 12.7. The number of aliphatic imine (C=N–C) groups is 1. The van der Waals surface area contributed by atoms with Crippen LogP contribution in [-0.2, 0) is 6.54 Å². The second-order valence-corrected chi connectivity index (χ2v) is 5.58. The first-order valence-electron chi connectivity index (χ1n) is 7.20. The van der Waals surface area contributed by atoms with Gasteiger partial charge in [-0.3, -0.25) is 4.99 Å². The van der Waals surface area contributed by atoms with Crippen molar-refractivity contribution in [2.75, 3.05) is 20.1 Å². The molecule has 1 fully saturated rings. The number of nitrogens with one attached hydrogen (secondary N) is 1. The number of aryl methyl sites for hydroxylation is 1. The molecule has 1 aromatic rings. The van der Waals surface area contributed by atoms with Crippen molar-refractivity contribution < 1.29 is 0 Å². The Kier molecular flexibility index (Phi) is 7.34. The van der Waals surface area contributed by atoms with E-state index in [2.05, 4.69) is 53.3 Å². The van der Waals surface area contributed by atoms with Crippen LogP contribution in [0.2, 0.25) is 0 Å². The van der Waals surface area contributed by atoms with E-state index in [9.17, 15) is 0 Å². The van der Waals surface area contributed by atoms with Crippen LogP contribution < -0.4 is 5.32 Å². The predicted octanol–water partition coefficient (Wildman–Crippen LogP) is 3.42. The zero-order valence-corrected chi connectivity index (χ0v) is 15.1. The van der Waals surface area contributed by atoms with Crippen molar-refractivity contribution in [3.05, 3.63) is 35.4 Å². The monoisotopic (exact) mass is 387 g/mol. The molecule has 2 rings (SSSR count). The normalized spacial score (nSPS) is 19.4. The highest BCUT2D eigenvalue weighted by Gasteiger charge is 2.18. The second-order valence-electron chi connectivity index (χ2n) is 5.58. The smallest absolute Gasteiger partial charge is 0.193 e. The third-order valence-corrected chi connectivity index (χ3v) is 3.74. The average Bonchev–Trinajstić information content (AvgIpc) is 2.42. The van der Waals surface area contributed by atoms with Crippen molar-refractivity contribution in [2.45, 2.75) is 33.2 Å². The summed E-state index contributed by atoms with van der Waals surface area (Å²) in [6.07, 6.45) is 2.61. The summed E-state index contributed by atoms with van der Waals surface area (Å²) in [5.74, 6) is 1.80. The molecule has 0 aromatic heterocycles. The van der Waals surface area contributed by atoms with E-state index in [-0.39, 0.29) is 24.0 Å². The van der Waals surface area contributed by atoms with Crippen LogP contribution >= 0.6 is 24.0 Å². The molecule has 1 aliphatic rings. The van der Waals surface area contributed by atoms with Crippen molar-refractivity contribution in [2.24, 2.45) is 10.9 Å². The van der Waals surface area contributed by atoms with Gasteiger partial charge in [0.1, 0.15) is 0 Å². The number of piperidine rings is 1. The number of guanidine groups is 1. The summed E-state index contributed by atoms with van der Waals surface area (Å²) in [4.78, 5) is 6.79. The van der Waals surface area contributed by atoms with Crippen LogP contribution in [0.1, 0.15) is 30.9 Å². The lowest BCUT2D eigenvalue weighted by molar-refractivity contribution is 0.266. The van der Waals surface area contributed by atoms with Gasteiger partial charge in [0, 0.05) is 26.7 Å². The number of benzene rings is 1. The minimum Gasteiger partial charge on any atom is -0.352 e. The summed E-state index contributed by atoms with van der Waals surface area (Å²) < 4.78 is 0. The molecule has 0 spiro atoms. The van der Waals surface area contributed by atoms with Crippen molar-refractivity contribution in [3.8, 4) is 0 Å². The Hall–Kier alpha value is -0.780. The Bertz CT molecular complexity index is 428. The number of rotatable bonds is 2. The number of hydrogen-bond donors (Lipinski definition) is 1. The van der Waals surface area contributed by atoms with Gasteiger partial charge < -0.3 is 10.2 Å². The SMILES string of the molecule is CN=C(NCc1ccc(C)cc1)N1CCCC(C)C1.I. The van der Waals surface area contributed by atoms with E-state index in [4.69, 9.17) is 0 Å². The van der Waals surface area contributed by atoms with E-state index in [0.717, 1.165) is 31.5 Å². The topological polar surface area (TPSA) is 27.6 Å². The van der Waals surface area contributed by atoms with Gasteiger partial charge in [-0.2, -0.15) is 0 Å². The molecule has 1 atom stereocenters. The summed E-state index contributed by atoms with van der Waals surface area (Å²) in [6, 6.07) is 8.66. The lowest BCUT2D eigenvalue weighted by Crippen LogP contribution is -2.45. The number of halogens is 1. The van der Waals surface area contributed by atoms with Crippen LogP contribution in [-0.4, -0.2) is 31.0 Å². The minimum atomic E-state index is 0. The van der Waals surface area contributed by atoms with Gasteiger partial charge in [-0.05, 0) is 31.2 Å². The summed E-state index contributed by atoms with van der Waals surface area (Å²) in [6.45, 7) is 7.52. The summed E-state index contributed by atoms with van der Waals surface area (Å²) in [7, 11) is 1.87. The molecule has 3 nitrogen and oxygen atoms in total. The van der Waals surface area contributed by atoms with E-state index in [0.29, 0.717) is 0 Å². The molecular formula is C16H26IN3. The summed E-state index contributed by atoms with van der Waals surface area (Å²) >= 11 is 0. The second kappa shape index (κ2) is 8.49. The predicted molar refractivity (Wildman–Crippen MR) is 96.8 cm³/mol. The van der Waals surface area contributed by atoms with Gasteiger partial charge in [-0.15, -0.1) is 24.0 Å². The minimum absolute atomic E-state index is 0. The third kappa shape index (κ3) is 4.96. The number of hydrogen-bond acceptors (Lipinski definition) is 1. The standard InChI is InChI=1S/C16H25N3.HI/c1-13-6-8-15(9-7-13)11-18-16(17-3)19-10-4-5-14(2)12-19;/h6-9,14H,4-5,10-12H2,1-3H3,(H,17,18);1H. The third-order valence-electron chi connectivity index (χ3n) is 3.74. The van der Waals surface area contributed by atoms with Crippen LogP contribution in [0.5, 0.6) is 0 Å². The van der Waals surface area contributed by atoms with E-state index in [1.54, 1.807) is 0 Å². The molecule has 0 amide bonds. The van der Waals surface area contributed by atoms with Gasteiger partial charge in [-0.1, -0.05) is 36.8 Å². The Labute approximate surface area is 139 Å². The van der Waals surface area contributed by atoms with Crippen LogP contribution in [0.25, 0.3) is 0 Å². The highest BCUT2D eigenvalue weighted by molar-refractivity contribution is 14.0. The lowest BCUT2D eigenvalue weighted by atomic mass is 10.0. The first-order chi connectivity index (χ1) is 9.19. The maximum absolute atomic E-state index is 4.41. The molecule has 1 unspecified atom stereocenters.